The average molecular weight is 339 g/mol. The predicted molar refractivity (Wildman–Crippen MR) is 85.7 cm³/mol. The first-order valence-electron chi connectivity index (χ1n) is 6.43. The van der Waals surface area contributed by atoms with Crippen molar-refractivity contribution in [2.24, 2.45) is 0 Å². The van der Waals surface area contributed by atoms with Crippen LogP contribution >= 0.6 is 27.3 Å². The van der Waals surface area contributed by atoms with E-state index in [1.807, 2.05) is 6.07 Å². The van der Waals surface area contributed by atoms with Gasteiger partial charge < -0.3 is 5.32 Å². The highest BCUT2D eigenvalue weighted by Gasteiger charge is 2.16. The molecule has 0 fully saturated rings. The highest BCUT2D eigenvalue weighted by molar-refractivity contribution is 9.10. The molecule has 0 aliphatic heterocycles. The molecule has 102 valence electrons. The minimum absolute atomic E-state index is 0.263. The van der Waals surface area contributed by atoms with E-state index in [4.69, 9.17) is 0 Å². The Balaban J connectivity index is 2.10. The topological polar surface area (TPSA) is 24.9 Å². The van der Waals surface area contributed by atoms with Crippen LogP contribution in [-0.4, -0.2) is 4.98 Å². The van der Waals surface area contributed by atoms with Gasteiger partial charge in [-0.05, 0) is 45.4 Å². The van der Waals surface area contributed by atoms with Gasteiger partial charge in [0.05, 0.1) is 10.7 Å². The third-order valence-corrected chi connectivity index (χ3v) is 4.59. The minimum Gasteiger partial charge on any atom is -0.302 e. The van der Waals surface area contributed by atoms with E-state index in [9.17, 15) is 0 Å². The van der Waals surface area contributed by atoms with Gasteiger partial charge in [-0.1, -0.05) is 28.1 Å². The molecule has 0 aliphatic rings. The second-order valence-electron chi connectivity index (χ2n) is 4.84. The van der Waals surface area contributed by atoms with Crippen LogP contribution in [0.25, 0.3) is 0 Å². The van der Waals surface area contributed by atoms with Crippen LogP contribution in [0.1, 0.15) is 47.1 Å². The fraction of sp³-hybridized carbons (Fsp3) is 0.400. The highest BCUT2D eigenvalue weighted by Crippen LogP contribution is 2.25. The zero-order valence-corrected chi connectivity index (χ0v) is 14.1. The normalized spacial score (nSPS) is 14.4. The Morgan fingerprint density at radius 2 is 1.95 bits per heavy atom. The highest BCUT2D eigenvalue weighted by atomic mass is 79.9. The number of hydrogen-bond acceptors (Lipinski definition) is 3. The molecule has 1 heterocycles. The lowest BCUT2D eigenvalue weighted by Crippen LogP contribution is -2.23. The van der Waals surface area contributed by atoms with Crippen molar-refractivity contribution < 1.29 is 0 Å². The number of thiazole rings is 1. The zero-order chi connectivity index (χ0) is 14.0. The van der Waals surface area contributed by atoms with Gasteiger partial charge in [0.25, 0.3) is 0 Å². The Morgan fingerprint density at radius 1 is 1.21 bits per heavy atom. The second-order valence-corrected chi connectivity index (χ2v) is 7.16. The number of nitrogens with one attached hydrogen (secondary N) is 1. The summed E-state index contributed by atoms with van der Waals surface area (Å²) in [6.45, 7) is 8.57. The average Bonchev–Trinajstić information content (AvgIpc) is 2.68. The molecule has 2 aromatic rings. The molecule has 0 spiro atoms. The summed E-state index contributed by atoms with van der Waals surface area (Å²) in [6.07, 6.45) is 0. The van der Waals surface area contributed by atoms with Crippen molar-refractivity contribution in [2.75, 3.05) is 0 Å². The Kier molecular flexibility index (Phi) is 4.76. The lowest BCUT2D eigenvalue weighted by atomic mass is 10.1. The molecule has 19 heavy (non-hydrogen) atoms. The van der Waals surface area contributed by atoms with E-state index in [1.54, 1.807) is 11.3 Å². The maximum Gasteiger partial charge on any atom is 0.0900 e. The zero-order valence-electron chi connectivity index (χ0n) is 11.7. The first-order chi connectivity index (χ1) is 8.97. The molecule has 1 N–H and O–H groups in total. The second kappa shape index (κ2) is 6.16. The number of hydrogen-bond donors (Lipinski definition) is 1. The van der Waals surface area contributed by atoms with Gasteiger partial charge in [0, 0.05) is 21.4 Å². The van der Waals surface area contributed by atoms with Crippen LogP contribution in [0.5, 0.6) is 0 Å². The van der Waals surface area contributed by atoms with Crippen LogP contribution in [0.3, 0.4) is 0 Å². The summed E-state index contributed by atoms with van der Waals surface area (Å²) >= 11 is 5.28. The number of aryl methyl sites for hydroxylation is 2. The molecule has 0 aliphatic carbocycles. The van der Waals surface area contributed by atoms with Gasteiger partial charge in [0.15, 0.2) is 0 Å². The number of halogens is 1. The van der Waals surface area contributed by atoms with Gasteiger partial charge in [-0.15, -0.1) is 11.3 Å². The van der Waals surface area contributed by atoms with Crippen molar-refractivity contribution in [3.8, 4) is 0 Å². The number of nitrogens with zero attached hydrogens (tertiary/aromatic N) is 1. The Hall–Kier alpha value is -0.710. The third-order valence-electron chi connectivity index (χ3n) is 3.20. The quantitative estimate of drug-likeness (QED) is 0.854. The van der Waals surface area contributed by atoms with Gasteiger partial charge in [-0.3, -0.25) is 0 Å². The van der Waals surface area contributed by atoms with Crippen LogP contribution in [0, 0.1) is 13.8 Å². The van der Waals surface area contributed by atoms with Gasteiger partial charge in [0.1, 0.15) is 0 Å². The molecule has 2 atom stereocenters. The molecular weight excluding hydrogens is 320 g/mol. The molecule has 1 aromatic heterocycles. The van der Waals surface area contributed by atoms with E-state index in [0.717, 1.165) is 9.48 Å². The molecule has 0 saturated carbocycles. The van der Waals surface area contributed by atoms with Crippen LogP contribution in [-0.2, 0) is 0 Å². The Morgan fingerprint density at radius 3 is 2.53 bits per heavy atom. The molecular formula is C15H19BrN2S. The lowest BCUT2D eigenvalue weighted by molar-refractivity contribution is 0.486. The Labute approximate surface area is 127 Å². The fourth-order valence-corrected chi connectivity index (χ4v) is 3.60. The minimum atomic E-state index is 0.263. The molecule has 0 amide bonds. The molecule has 2 rings (SSSR count). The predicted octanol–water partition coefficient (Wildman–Crippen LogP) is 4.93. The van der Waals surface area contributed by atoms with E-state index in [1.165, 1.54) is 16.1 Å². The van der Waals surface area contributed by atoms with Crippen LogP contribution in [0.15, 0.2) is 28.7 Å². The monoisotopic (exact) mass is 338 g/mol. The van der Waals surface area contributed by atoms with Crippen molar-refractivity contribution in [3.63, 3.8) is 0 Å². The molecule has 0 radical (unpaired) electrons. The van der Waals surface area contributed by atoms with Gasteiger partial charge in [-0.25, -0.2) is 4.98 Å². The van der Waals surface area contributed by atoms with Crippen LogP contribution in [0.4, 0.5) is 0 Å². The summed E-state index contributed by atoms with van der Waals surface area (Å²) in [6, 6.07) is 8.99. The van der Waals surface area contributed by atoms with Crippen molar-refractivity contribution in [1.29, 1.82) is 0 Å². The SMILES string of the molecule is Cc1nc(C(C)N[C@@H](C)c2cccc(Br)c2)c(C)s1. The summed E-state index contributed by atoms with van der Waals surface area (Å²) < 4.78 is 1.12. The van der Waals surface area contributed by atoms with E-state index >= 15 is 0 Å². The van der Waals surface area contributed by atoms with E-state index in [2.05, 4.69) is 72.1 Å². The standard InChI is InChI=1S/C15H19BrN2S/c1-9(13-6-5-7-14(16)8-13)17-10(2)15-11(3)19-12(4)18-15/h5-10,17H,1-4H3/t9-,10?/m0/s1. The molecule has 0 saturated heterocycles. The van der Waals surface area contributed by atoms with E-state index < -0.39 is 0 Å². The summed E-state index contributed by atoms with van der Waals surface area (Å²) in [5, 5.41) is 4.75. The van der Waals surface area contributed by atoms with Gasteiger partial charge >= 0.3 is 0 Å². The van der Waals surface area contributed by atoms with Crippen molar-refractivity contribution >= 4 is 27.3 Å². The van der Waals surface area contributed by atoms with Crippen molar-refractivity contribution in [3.05, 3.63) is 49.9 Å². The van der Waals surface area contributed by atoms with E-state index in [0.29, 0.717) is 6.04 Å². The van der Waals surface area contributed by atoms with Crippen LogP contribution in [0.2, 0.25) is 0 Å². The van der Waals surface area contributed by atoms with E-state index in [-0.39, 0.29) is 6.04 Å². The van der Waals surface area contributed by atoms with Crippen molar-refractivity contribution in [1.82, 2.24) is 10.3 Å². The molecule has 2 nitrogen and oxygen atoms in total. The van der Waals surface area contributed by atoms with Gasteiger partial charge in [0.2, 0.25) is 0 Å². The summed E-state index contributed by atoms with van der Waals surface area (Å²) in [5.74, 6) is 0. The first kappa shape index (κ1) is 14.7. The maximum atomic E-state index is 4.62. The summed E-state index contributed by atoms with van der Waals surface area (Å²) in [5.41, 5.74) is 2.45. The van der Waals surface area contributed by atoms with Gasteiger partial charge in [-0.2, -0.15) is 0 Å². The summed E-state index contributed by atoms with van der Waals surface area (Å²) in [7, 11) is 0. The first-order valence-corrected chi connectivity index (χ1v) is 8.03. The maximum absolute atomic E-state index is 4.62. The largest absolute Gasteiger partial charge is 0.302 e. The molecule has 1 unspecified atom stereocenters. The number of benzene rings is 1. The molecule has 0 bridgehead atoms. The molecule has 4 heteroatoms. The fourth-order valence-electron chi connectivity index (χ4n) is 2.27. The van der Waals surface area contributed by atoms with Crippen LogP contribution < -0.4 is 5.32 Å². The summed E-state index contributed by atoms with van der Waals surface area (Å²) in [4.78, 5) is 5.93. The number of aromatic nitrogens is 1. The molecule has 1 aromatic carbocycles. The smallest absolute Gasteiger partial charge is 0.0900 e. The number of rotatable bonds is 4. The lowest BCUT2D eigenvalue weighted by Gasteiger charge is -2.20. The Bertz CT molecular complexity index is 565. The van der Waals surface area contributed by atoms with Crippen molar-refractivity contribution in [2.45, 2.75) is 39.8 Å². The third kappa shape index (κ3) is 3.65.